The fraction of sp³-hybridized carbons (Fsp3) is 0.600. The van der Waals surface area contributed by atoms with Crippen LogP contribution in [-0.2, 0) is 5.41 Å². The molecule has 0 bridgehead atoms. The Morgan fingerprint density at radius 1 is 1.22 bits per heavy atom. The van der Waals surface area contributed by atoms with Crippen LogP contribution in [0.3, 0.4) is 0 Å². The van der Waals surface area contributed by atoms with Crippen molar-refractivity contribution in [3.8, 4) is 0 Å². The van der Waals surface area contributed by atoms with Gasteiger partial charge in [0.05, 0.1) is 0 Å². The number of rotatable bonds is 4. The summed E-state index contributed by atoms with van der Waals surface area (Å²) in [5.41, 5.74) is 5.59. The van der Waals surface area contributed by atoms with Crippen LogP contribution < -0.4 is 5.73 Å². The predicted octanol–water partition coefficient (Wildman–Crippen LogP) is 2.39. The van der Waals surface area contributed by atoms with Gasteiger partial charge in [0.15, 0.2) is 0 Å². The lowest BCUT2D eigenvalue weighted by molar-refractivity contribution is -0.463. The van der Waals surface area contributed by atoms with E-state index in [1.54, 1.807) is 0 Å². The lowest BCUT2D eigenvalue weighted by atomic mass is 9.58. The number of hydrogen-bond acceptors (Lipinski definition) is 1. The summed E-state index contributed by atoms with van der Waals surface area (Å²) in [5, 5.41) is 11.1. The quantitative estimate of drug-likeness (QED) is 0.866. The molecule has 2 atom stereocenters. The molecule has 0 radical (unpaired) electrons. The zero-order valence-corrected chi connectivity index (χ0v) is 12.0. The van der Waals surface area contributed by atoms with Crippen LogP contribution in [-0.4, -0.2) is 17.3 Å². The predicted molar refractivity (Wildman–Crippen MR) is 74.5 cm³/mol. The normalized spacial score (nSPS) is 21.4. The van der Waals surface area contributed by atoms with Crippen molar-refractivity contribution in [2.45, 2.75) is 50.7 Å². The lowest BCUT2D eigenvalue weighted by Crippen LogP contribution is -2.77. The van der Waals surface area contributed by atoms with E-state index in [1.807, 2.05) is 12.1 Å². The van der Waals surface area contributed by atoms with Gasteiger partial charge in [-0.3, -0.25) is 0 Å². The van der Waals surface area contributed by atoms with Crippen LogP contribution in [0.5, 0.6) is 0 Å². The molecule has 0 unspecified atom stereocenters. The Kier molecular flexibility index (Phi) is 4.00. The Hall–Kier alpha value is -0.570. The first-order valence-electron chi connectivity index (χ1n) is 6.74. The van der Waals surface area contributed by atoms with E-state index in [2.05, 4.69) is 31.7 Å². The van der Waals surface area contributed by atoms with Gasteiger partial charge < -0.3 is 10.8 Å². The number of benzene rings is 1. The highest BCUT2D eigenvalue weighted by Gasteiger charge is 2.49. The van der Waals surface area contributed by atoms with Crippen LogP contribution in [0, 0.1) is 5.92 Å². The van der Waals surface area contributed by atoms with E-state index < -0.39 is 0 Å². The van der Waals surface area contributed by atoms with Gasteiger partial charge in [-0.25, -0.2) is 0 Å². The lowest BCUT2D eigenvalue weighted by Gasteiger charge is -2.46. The summed E-state index contributed by atoms with van der Waals surface area (Å²) in [6.07, 6.45) is 3.11. The molecule has 0 aliphatic heterocycles. The molecule has 1 saturated carbocycles. The summed E-state index contributed by atoms with van der Waals surface area (Å²) in [5.74, 6) is 0.247. The third-order valence-corrected chi connectivity index (χ3v) is 4.72. The summed E-state index contributed by atoms with van der Waals surface area (Å²) in [6, 6.07) is 8.10. The highest BCUT2D eigenvalue weighted by Crippen LogP contribution is 2.46. The van der Waals surface area contributed by atoms with E-state index in [0.717, 1.165) is 17.9 Å². The molecule has 1 aliphatic carbocycles. The Morgan fingerprint density at radius 2 is 1.78 bits per heavy atom. The van der Waals surface area contributed by atoms with Crippen molar-refractivity contribution in [3.63, 3.8) is 0 Å². The minimum absolute atomic E-state index is 0.0485. The Bertz CT molecular complexity index is 397. The molecular formula is C15H23ClNO+. The third kappa shape index (κ3) is 2.29. The van der Waals surface area contributed by atoms with Crippen molar-refractivity contribution in [1.29, 1.82) is 0 Å². The third-order valence-electron chi connectivity index (χ3n) is 4.47. The van der Waals surface area contributed by atoms with Crippen LogP contribution in [0.25, 0.3) is 0 Å². The number of aliphatic hydroxyl groups excluding tert-OH is 1. The van der Waals surface area contributed by atoms with Crippen LogP contribution in [0.15, 0.2) is 24.3 Å². The van der Waals surface area contributed by atoms with Crippen molar-refractivity contribution >= 4 is 11.6 Å². The molecule has 0 saturated heterocycles. The first-order valence-corrected chi connectivity index (χ1v) is 7.12. The molecule has 1 aliphatic rings. The molecule has 1 fully saturated rings. The van der Waals surface area contributed by atoms with Crippen LogP contribution in [0.4, 0.5) is 0 Å². The standard InChI is InChI=1S/C15H22ClNO/c1-10(2)13(18)14(17)15(8-3-9-15)11-4-6-12(16)7-5-11/h4-7,10,13-14,18H,3,8-9,17H2,1-2H3/p+1/t13-,14-/m1/s1. The molecule has 0 heterocycles. The zero-order valence-electron chi connectivity index (χ0n) is 11.2. The highest BCUT2D eigenvalue weighted by atomic mass is 35.5. The number of quaternary nitrogens is 1. The van der Waals surface area contributed by atoms with Crippen molar-refractivity contribution in [1.82, 2.24) is 0 Å². The van der Waals surface area contributed by atoms with Gasteiger partial charge in [0.2, 0.25) is 0 Å². The average molecular weight is 269 g/mol. The largest absolute Gasteiger partial charge is 0.387 e. The summed E-state index contributed by atoms with van der Waals surface area (Å²) in [7, 11) is 0. The maximum Gasteiger partial charge on any atom is 0.121 e. The molecule has 0 amide bonds. The Morgan fingerprint density at radius 3 is 2.17 bits per heavy atom. The molecular weight excluding hydrogens is 246 g/mol. The molecule has 0 aromatic heterocycles. The molecule has 0 spiro atoms. The van der Waals surface area contributed by atoms with Gasteiger partial charge in [0, 0.05) is 10.4 Å². The van der Waals surface area contributed by atoms with E-state index in [0.29, 0.717) is 0 Å². The SMILES string of the molecule is CC(C)[C@@H](O)[C@@H]([NH3+])C1(c2ccc(Cl)cc2)CCC1. The molecule has 100 valence electrons. The molecule has 1 aromatic rings. The van der Waals surface area contributed by atoms with Crippen LogP contribution in [0.2, 0.25) is 5.02 Å². The van der Waals surface area contributed by atoms with E-state index in [4.69, 9.17) is 11.6 Å². The monoisotopic (exact) mass is 268 g/mol. The maximum atomic E-state index is 10.3. The molecule has 4 N–H and O–H groups in total. The van der Waals surface area contributed by atoms with Gasteiger partial charge in [-0.05, 0) is 36.5 Å². The Labute approximate surface area is 114 Å². The average Bonchev–Trinajstić information content (AvgIpc) is 2.28. The van der Waals surface area contributed by atoms with Crippen molar-refractivity contribution in [2.24, 2.45) is 5.92 Å². The topological polar surface area (TPSA) is 47.9 Å². The van der Waals surface area contributed by atoms with Crippen molar-refractivity contribution in [3.05, 3.63) is 34.9 Å². The molecule has 2 nitrogen and oxygen atoms in total. The second-order valence-electron chi connectivity index (χ2n) is 5.86. The molecule has 1 aromatic carbocycles. The molecule has 2 rings (SSSR count). The van der Waals surface area contributed by atoms with Gasteiger partial charge in [-0.2, -0.15) is 0 Å². The van der Waals surface area contributed by atoms with Crippen LogP contribution >= 0.6 is 11.6 Å². The van der Waals surface area contributed by atoms with Crippen molar-refractivity contribution < 1.29 is 10.8 Å². The van der Waals surface area contributed by atoms with E-state index in [-0.39, 0.29) is 23.5 Å². The minimum Gasteiger partial charge on any atom is -0.387 e. The summed E-state index contributed by atoms with van der Waals surface area (Å²) in [4.78, 5) is 0. The summed E-state index contributed by atoms with van der Waals surface area (Å²) >= 11 is 5.95. The highest BCUT2D eigenvalue weighted by molar-refractivity contribution is 6.30. The minimum atomic E-state index is -0.346. The Balaban J connectivity index is 2.28. The van der Waals surface area contributed by atoms with E-state index in [9.17, 15) is 5.11 Å². The fourth-order valence-corrected chi connectivity index (χ4v) is 3.13. The van der Waals surface area contributed by atoms with E-state index >= 15 is 0 Å². The van der Waals surface area contributed by atoms with Gasteiger partial charge >= 0.3 is 0 Å². The first kappa shape index (κ1) is 13.9. The fourth-order valence-electron chi connectivity index (χ4n) is 3.00. The molecule has 18 heavy (non-hydrogen) atoms. The van der Waals surface area contributed by atoms with Gasteiger partial charge in [-0.15, -0.1) is 0 Å². The number of hydrogen-bond donors (Lipinski definition) is 2. The van der Waals surface area contributed by atoms with Gasteiger partial charge in [-0.1, -0.05) is 44.0 Å². The maximum absolute atomic E-state index is 10.3. The van der Waals surface area contributed by atoms with Gasteiger partial charge in [0.25, 0.3) is 0 Å². The first-order chi connectivity index (χ1) is 8.47. The second-order valence-corrected chi connectivity index (χ2v) is 6.29. The number of halogens is 1. The van der Waals surface area contributed by atoms with E-state index in [1.165, 1.54) is 12.0 Å². The van der Waals surface area contributed by atoms with Gasteiger partial charge in [0.1, 0.15) is 12.1 Å². The second kappa shape index (κ2) is 5.20. The smallest absolute Gasteiger partial charge is 0.121 e. The molecule has 3 heteroatoms. The van der Waals surface area contributed by atoms with Crippen molar-refractivity contribution in [2.75, 3.05) is 0 Å². The number of aliphatic hydroxyl groups is 1. The summed E-state index contributed by atoms with van der Waals surface area (Å²) in [6.45, 7) is 4.11. The van der Waals surface area contributed by atoms with Crippen LogP contribution in [0.1, 0.15) is 38.7 Å². The summed E-state index contributed by atoms with van der Waals surface area (Å²) < 4.78 is 0. The zero-order chi connectivity index (χ0) is 13.3.